The first-order valence-electron chi connectivity index (χ1n) is 8.10. The molecule has 1 atom stereocenters. The van der Waals surface area contributed by atoms with Gasteiger partial charge in [-0.3, -0.25) is 4.79 Å². The van der Waals surface area contributed by atoms with E-state index in [1.54, 1.807) is 45.0 Å². The minimum Gasteiger partial charge on any atom is -0.477 e. The average Bonchev–Trinajstić information content (AvgIpc) is 3.04. The Labute approximate surface area is 162 Å². The molecular weight excluding hydrogens is 390 g/mol. The van der Waals surface area contributed by atoms with Crippen LogP contribution in [0.5, 0.6) is 0 Å². The fourth-order valence-electron chi connectivity index (χ4n) is 2.22. The van der Waals surface area contributed by atoms with Crippen LogP contribution in [0, 0.1) is 0 Å². The molecule has 0 radical (unpaired) electrons. The zero-order valence-electron chi connectivity index (χ0n) is 15.1. The molecule has 1 aromatic heterocycles. The van der Waals surface area contributed by atoms with E-state index >= 15 is 0 Å². The van der Waals surface area contributed by atoms with E-state index < -0.39 is 33.6 Å². The van der Waals surface area contributed by atoms with E-state index in [0.29, 0.717) is 11.3 Å². The molecule has 0 unspecified atom stereocenters. The van der Waals surface area contributed by atoms with Crippen LogP contribution in [-0.4, -0.2) is 37.1 Å². The molecule has 0 aliphatic carbocycles. The number of nitrogens with one attached hydrogen (secondary N) is 1. The molecule has 9 heteroatoms. The molecule has 2 rings (SSSR count). The second-order valence-corrected chi connectivity index (χ2v) is 9.85. The van der Waals surface area contributed by atoms with Crippen LogP contribution in [0.4, 0.5) is 0 Å². The highest BCUT2D eigenvalue weighted by Gasteiger charge is 2.31. The zero-order valence-corrected chi connectivity index (χ0v) is 16.8. The molecule has 1 heterocycles. The molecular formula is C18H21NO6S2. The van der Waals surface area contributed by atoms with Crippen LogP contribution >= 0.6 is 11.3 Å². The van der Waals surface area contributed by atoms with Gasteiger partial charge in [0.05, 0.1) is 0 Å². The molecule has 0 saturated carbocycles. The van der Waals surface area contributed by atoms with Crippen molar-refractivity contribution in [1.29, 1.82) is 0 Å². The van der Waals surface area contributed by atoms with Crippen molar-refractivity contribution < 1.29 is 27.9 Å². The molecule has 0 fully saturated rings. The van der Waals surface area contributed by atoms with Gasteiger partial charge in [-0.25, -0.2) is 13.2 Å². The number of hydrogen-bond acceptors (Lipinski definition) is 6. The quantitative estimate of drug-likeness (QED) is 0.678. The maximum Gasteiger partial charge on any atom is 0.345 e. The Balaban J connectivity index is 2.28. The van der Waals surface area contributed by atoms with E-state index in [9.17, 15) is 18.0 Å². The largest absolute Gasteiger partial charge is 0.477 e. The number of thiophene rings is 1. The summed E-state index contributed by atoms with van der Waals surface area (Å²) in [6.07, 6.45) is 0.103. The van der Waals surface area contributed by atoms with E-state index in [1.165, 1.54) is 12.1 Å². The van der Waals surface area contributed by atoms with Gasteiger partial charge in [0.1, 0.15) is 20.7 Å². The molecule has 0 aliphatic rings. The maximum absolute atomic E-state index is 12.6. The summed E-state index contributed by atoms with van der Waals surface area (Å²) >= 11 is 0.619. The van der Waals surface area contributed by atoms with E-state index in [2.05, 4.69) is 4.72 Å². The first-order valence-corrected chi connectivity index (χ1v) is 10.4. The van der Waals surface area contributed by atoms with E-state index in [1.807, 2.05) is 6.07 Å². The molecule has 2 aromatic rings. The molecule has 0 amide bonds. The Bertz CT molecular complexity index is 913. The summed E-state index contributed by atoms with van der Waals surface area (Å²) in [5.74, 6) is -1.92. The summed E-state index contributed by atoms with van der Waals surface area (Å²) in [4.78, 5) is 23.4. The lowest BCUT2D eigenvalue weighted by atomic mass is 10.1. The van der Waals surface area contributed by atoms with Gasteiger partial charge in [0.2, 0.25) is 0 Å². The second-order valence-electron chi connectivity index (χ2n) is 6.82. The van der Waals surface area contributed by atoms with Crippen molar-refractivity contribution in [2.45, 2.75) is 43.0 Å². The van der Waals surface area contributed by atoms with Crippen molar-refractivity contribution in [2.75, 3.05) is 0 Å². The second kappa shape index (κ2) is 8.20. The summed E-state index contributed by atoms with van der Waals surface area (Å²) in [6.45, 7) is 5.08. The number of aromatic carboxylic acids is 1. The Morgan fingerprint density at radius 1 is 1.15 bits per heavy atom. The highest BCUT2D eigenvalue weighted by Crippen LogP contribution is 2.22. The van der Waals surface area contributed by atoms with Crippen LogP contribution in [0.1, 0.15) is 36.0 Å². The Hall–Kier alpha value is -2.23. The minimum absolute atomic E-state index is 0.103. The van der Waals surface area contributed by atoms with E-state index in [4.69, 9.17) is 9.84 Å². The number of ether oxygens (including phenoxy) is 1. The maximum atomic E-state index is 12.6. The van der Waals surface area contributed by atoms with Gasteiger partial charge in [-0.1, -0.05) is 30.3 Å². The third-order valence-corrected chi connectivity index (χ3v) is 6.37. The average molecular weight is 412 g/mol. The topological polar surface area (TPSA) is 110 Å². The van der Waals surface area contributed by atoms with Crippen LogP contribution in [0.2, 0.25) is 0 Å². The van der Waals surface area contributed by atoms with E-state index in [0.717, 1.165) is 5.56 Å². The highest BCUT2D eigenvalue weighted by atomic mass is 32.2. The van der Waals surface area contributed by atoms with Crippen LogP contribution in [0.15, 0.2) is 46.7 Å². The Kier molecular flexibility index (Phi) is 6.40. The van der Waals surface area contributed by atoms with Crippen LogP contribution in [-0.2, 0) is 26.0 Å². The van der Waals surface area contributed by atoms with Crippen molar-refractivity contribution in [3.8, 4) is 0 Å². The molecule has 1 aromatic carbocycles. The number of sulfonamides is 1. The zero-order chi connectivity index (χ0) is 20.2. The van der Waals surface area contributed by atoms with Gasteiger partial charge in [-0.2, -0.15) is 4.72 Å². The van der Waals surface area contributed by atoms with Crippen LogP contribution in [0.3, 0.4) is 0 Å². The lowest BCUT2D eigenvalue weighted by molar-refractivity contribution is -0.156. The van der Waals surface area contributed by atoms with Crippen molar-refractivity contribution >= 4 is 33.3 Å². The number of benzene rings is 1. The van der Waals surface area contributed by atoms with Gasteiger partial charge in [0.25, 0.3) is 10.0 Å². The van der Waals surface area contributed by atoms with Crippen molar-refractivity contribution in [3.05, 3.63) is 52.9 Å². The van der Waals surface area contributed by atoms with Gasteiger partial charge < -0.3 is 9.84 Å². The summed E-state index contributed by atoms with van der Waals surface area (Å²) in [6, 6.07) is 10.2. The standard InChI is InChI=1S/C18H21NO6S2/c1-18(2,3)25-17(22)13(11-12-7-5-4-6-8-12)19-27(23,24)15-10-9-14(26-15)16(20)21/h4-10,13,19H,11H2,1-3H3,(H,20,21)/t13-/m1/s1. The predicted octanol–water partition coefficient (Wildman–Crippen LogP) is 2.68. The van der Waals surface area contributed by atoms with E-state index in [-0.39, 0.29) is 15.5 Å². The first-order chi connectivity index (χ1) is 12.5. The molecule has 0 saturated heterocycles. The van der Waals surface area contributed by atoms with Gasteiger partial charge in [0, 0.05) is 0 Å². The minimum atomic E-state index is -4.09. The van der Waals surface area contributed by atoms with Gasteiger partial charge in [-0.15, -0.1) is 11.3 Å². The highest BCUT2D eigenvalue weighted by molar-refractivity contribution is 7.91. The number of carboxylic acids is 1. The number of carbonyl (C=O) groups is 2. The predicted molar refractivity (Wildman–Crippen MR) is 101 cm³/mol. The molecule has 2 N–H and O–H groups in total. The van der Waals surface area contributed by atoms with Crippen LogP contribution in [0.25, 0.3) is 0 Å². The lowest BCUT2D eigenvalue weighted by Gasteiger charge is -2.24. The number of carbonyl (C=O) groups excluding carboxylic acids is 1. The number of rotatable bonds is 7. The molecule has 0 bridgehead atoms. The van der Waals surface area contributed by atoms with Crippen molar-refractivity contribution in [1.82, 2.24) is 4.72 Å². The molecule has 0 aliphatic heterocycles. The lowest BCUT2D eigenvalue weighted by Crippen LogP contribution is -2.45. The smallest absolute Gasteiger partial charge is 0.345 e. The molecule has 27 heavy (non-hydrogen) atoms. The normalized spacial score (nSPS) is 13.1. The number of esters is 1. The van der Waals surface area contributed by atoms with Gasteiger partial charge >= 0.3 is 11.9 Å². The third kappa shape index (κ3) is 6.16. The SMILES string of the molecule is CC(C)(C)OC(=O)[C@@H](Cc1ccccc1)NS(=O)(=O)c1ccc(C(=O)O)s1. The van der Waals surface area contributed by atoms with Gasteiger partial charge in [0.15, 0.2) is 0 Å². The fourth-order valence-corrected chi connectivity index (χ4v) is 4.57. The number of carboxylic acid groups (broad SMARTS) is 1. The first kappa shape index (κ1) is 21.1. The summed E-state index contributed by atoms with van der Waals surface area (Å²) in [7, 11) is -4.09. The molecule has 0 spiro atoms. The van der Waals surface area contributed by atoms with Crippen molar-refractivity contribution in [2.24, 2.45) is 0 Å². The Morgan fingerprint density at radius 3 is 2.30 bits per heavy atom. The van der Waals surface area contributed by atoms with Crippen molar-refractivity contribution in [3.63, 3.8) is 0 Å². The van der Waals surface area contributed by atoms with Crippen LogP contribution < -0.4 is 4.72 Å². The summed E-state index contributed by atoms with van der Waals surface area (Å²) in [5, 5.41) is 8.98. The Morgan fingerprint density at radius 2 is 1.78 bits per heavy atom. The van der Waals surface area contributed by atoms with Gasteiger partial charge in [-0.05, 0) is 44.9 Å². The fraction of sp³-hybridized carbons (Fsp3) is 0.333. The molecule has 146 valence electrons. The molecule has 7 nitrogen and oxygen atoms in total. The third-order valence-electron chi connectivity index (χ3n) is 3.33. The summed E-state index contributed by atoms with van der Waals surface area (Å²) in [5.41, 5.74) is -0.0230. The number of hydrogen-bond donors (Lipinski definition) is 2. The summed E-state index contributed by atoms with van der Waals surface area (Å²) < 4.78 is 32.8. The monoisotopic (exact) mass is 411 g/mol.